The van der Waals surface area contributed by atoms with E-state index in [1.807, 2.05) is 19.1 Å². The fraction of sp³-hybridized carbons (Fsp3) is 0.444. The van der Waals surface area contributed by atoms with Crippen LogP contribution in [0.4, 0.5) is 0 Å². The molecule has 6 nitrogen and oxygen atoms in total. The van der Waals surface area contributed by atoms with E-state index < -0.39 is 0 Å². The number of fused-ring (bicyclic) bond motifs is 1. The molecule has 2 aliphatic heterocycles. The standard InChI is InChI=1S/C18H20ClN3O3/c1-11-20-15(7-18(23)21-11)12-3-2-4-22(8-12)9-13-5-16-17(6-14(13)19)25-10-24-16/h5-7,12H,2-4,8-10H2,1H3,(H,20,21,23)/t12-/m0/s1. The van der Waals surface area contributed by atoms with Gasteiger partial charge < -0.3 is 14.5 Å². The summed E-state index contributed by atoms with van der Waals surface area (Å²) in [4.78, 5) is 21.3. The van der Waals surface area contributed by atoms with Gasteiger partial charge in [0.05, 0.1) is 5.69 Å². The van der Waals surface area contributed by atoms with Crippen LogP contribution >= 0.6 is 11.6 Å². The molecule has 1 aromatic carbocycles. The van der Waals surface area contributed by atoms with Gasteiger partial charge in [-0.05, 0) is 37.9 Å². The second-order valence-corrected chi connectivity index (χ2v) is 7.03. The molecule has 25 heavy (non-hydrogen) atoms. The van der Waals surface area contributed by atoms with E-state index in [1.165, 1.54) is 0 Å². The Morgan fingerprint density at radius 3 is 2.92 bits per heavy atom. The van der Waals surface area contributed by atoms with Gasteiger partial charge in [0.1, 0.15) is 5.82 Å². The number of aromatic nitrogens is 2. The molecule has 1 N–H and O–H groups in total. The summed E-state index contributed by atoms with van der Waals surface area (Å²) in [5, 5.41) is 0.691. The summed E-state index contributed by atoms with van der Waals surface area (Å²) in [6, 6.07) is 5.40. The minimum atomic E-state index is -0.0848. The lowest BCUT2D eigenvalue weighted by Crippen LogP contribution is -2.34. The van der Waals surface area contributed by atoms with Gasteiger partial charge >= 0.3 is 0 Å². The molecular formula is C18H20ClN3O3. The summed E-state index contributed by atoms with van der Waals surface area (Å²) < 4.78 is 10.8. The van der Waals surface area contributed by atoms with Crippen LogP contribution in [0.1, 0.15) is 35.8 Å². The first-order valence-electron chi connectivity index (χ1n) is 8.47. The van der Waals surface area contributed by atoms with Crippen molar-refractivity contribution in [2.45, 2.75) is 32.2 Å². The van der Waals surface area contributed by atoms with E-state index in [0.717, 1.165) is 49.5 Å². The zero-order chi connectivity index (χ0) is 17.4. The molecule has 2 aromatic rings. The number of ether oxygens (including phenoxy) is 2. The summed E-state index contributed by atoms with van der Waals surface area (Å²) >= 11 is 6.40. The third-order valence-electron chi connectivity index (χ3n) is 4.74. The molecule has 4 rings (SSSR count). The Morgan fingerprint density at radius 1 is 1.32 bits per heavy atom. The molecule has 0 spiro atoms. The van der Waals surface area contributed by atoms with Crippen LogP contribution in [0.15, 0.2) is 23.0 Å². The lowest BCUT2D eigenvalue weighted by atomic mass is 9.94. The maximum atomic E-state index is 11.7. The number of nitrogens with zero attached hydrogens (tertiary/aromatic N) is 2. The van der Waals surface area contributed by atoms with Gasteiger partial charge in [0.25, 0.3) is 5.56 Å². The average Bonchev–Trinajstić information content (AvgIpc) is 3.01. The molecule has 2 aliphatic rings. The van der Waals surface area contributed by atoms with Crippen molar-refractivity contribution in [2.24, 2.45) is 0 Å². The van der Waals surface area contributed by atoms with E-state index in [4.69, 9.17) is 21.1 Å². The van der Waals surface area contributed by atoms with Crippen molar-refractivity contribution in [3.05, 3.63) is 50.7 Å². The van der Waals surface area contributed by atoms with E-state index in [1.54, 1.807) is 6.07 Å². The normalized spacial score (nSPS) is 20.0. The third kappa shape index (κ3) is 3.50. The van der Waals surface area contributed by atoms with Gasteiger partial charge in [-0.3, -0.25) is 9.69 Å². The SMILES string of the molecule is Cc1nc([C@H]2CCCN(Cc3cc4c(cc3Cl)OCO4)C2)cc(=O)[nH]1. The Hall–Kier alpha value is -2.05. The zero-order valence-corrected chi connectivity index (χ0v) is 14.8. The lowest BCUT2D eigenvalue weighted by Gasteiger charge is -2.32. The molecule has 1 aromatic heterocycles. The Kier molecular flexibility index (Phi) is 4.39. The molecule has 132 valence electrons. The molecule has 0 unspecified atom stereocenters. The number of benzene rings is 1. The highest BCUT2D eigenvalue weighted by molar-refractivity contribution is 6.31. The fourth-order valence-electron chi connectivity index (χ4n) is 3.57. The number of hydrogen-bond donors (Lipinski definition) is 1. The smallest absolute Gasteiger partial charge is 0.251 e. The van der Waals surface area contributed by atoms with Crippen molar-refractivity contribution in [3.8, 4) is 11.5 Å². The first-order valence-corrected chi connectivity index (χ1v) is 8.84. The predicted molar refractivity (Wildman–Crippen MR) is 94.4 cm³/mol. The maximum absolute atomic E-state index is 11.7. The van der Waals surface area contributed by atoms with Crippen molar-refractivity contribution < 1.29 is 9.47 Å². The van der Waals surface area contributed by atoms with Crippen molar-refractivity contribution in [1.82, 2.24) is 14.9 Å². The zero-order valence-electron chi connectivity index (χ0n) is 14.0. The molecule has 0 amide bonds. The highest BCUT2D eigenvalue weighted by Gasteiger charge is 2.24. The molecule has 1 saturated heterocycles. The minimum absolute atomic E-state index is 0.0848. The molecule has 0 radical (unpaired) electrons. The van der Waals surface area contributed by atoms with Gasteiger partial charge in [0.2, 0.25) is 6.79 Å². The van der Waals surface area contributed by atoms with Crippen LogP contribution in [0.3, 0.4) is 0 Å². The summed E-state index contributed by atoms with van der Waals surface area (Å²) in [5.41, 5.74) is 1.82. The lowest BCUT2D eigenvalue weighted by molar-refractivity contribution is 0.173. The first kappa shape index (κ1) is 16.4. The highest BCUT2D eigenvalue weighted by atomic mass is 35.5. The van der Waals surface area contributed by atoms with Gasteiger partial charge in [-0.1, -0.05) is 11.6 Å². The number of rotatable bonds is 3. The van der Waals surface area contributed by atoms with Crippen LogP contribution in [0.25, 0.3) is 0 Å². The van der Waals surface area contributed by atoms with E-state index in [9.17, 15) is 4.79 Å². The Labute approximate surface area is 150 Å². The summed E-state index contributed by atoms with van der Waals surface area (Å²) in [5.74, 6) is 2.38. The summed E-state index contributed by atoms with van der Waals surface area (Å²) in [6.45, 7) is 4.67. The van der Waals surface area contributed by atoms with E-state index in [2.05, 4.69) is 14.9 Å². The first-order chi connectivity index (χ1) is 12.1. The number of piperidine rings is 1. The quantitative estimate of drug-likeness (QED) is 0.910. The van der Waals surface area contributed by atoms with Crippen LogP contribution in [0.2, 0.25) is 5.02 Å². The van der Waals surface area contributed by atoms with Gasteiger partial charge in [0.15, 0.2) is 11.5 Å². The number of likely N-dealkylation sites (tertiary alicyclic amines) is 1. The summed E-state index contributed by atoms with van der Waals surface area (Å²) in [6.07, 6.45) is 2.11. The van der Waals surface area contributed by atoms with E-state index >= 15 is 0 Å². The van der Waals surface area contributed by atoms with Gasteiger partial charge in [0, 0.05) is 36.2 Å². The number of H-pyrrole nitrogens is 1. The second kappa shape index (κ2) is 6.69. The predicted octanol–water partition coefficient (Wildman–Crippen LogP) is 2.84. The van der Waals surface area contributed by atoms with Crippen LogP contribution < -0.4 is 15.0 Å². The van der Waals surface area contributed by atoms with Crippen molar-refractivity contribution >= 4 is 11.6 Å². The molecule has 0 bridgehead atoms. The Balaban J connectivity index is 1.51. The topological polar surface area (TPSA) is 67.5 Å². The minimum Gasteiger partial charge on any atom is -0.454 e. The fourth-order valence-corrected chi connectivity index (χ4v) is 3.79. The Morgan fingerprint density at radius 2 is 2.12 bits per heavy atom. The number of aromatic amines is 1. The maximum Gasteiger partial charge on any atom is 0.251 e. The van der Waals surface area contributed by atoms with Gasteiger partial charge in [-0.15, -0.1) is 0 Å². The Bertz CT molecular complexity index is 852. The third-order valence-corrected chi connectivity index (χ3v) is 5.09. The second-order valence-electron chi connectivity index (χ2n) is 6.63. The van der Waals surface area contributed by atoms with E-state index in [0.29, 0.717) is 16.6 Å². The highest BCUT2D eigenvalue weighted by Crippen LogP contribution is 2.37. The molecule has 1 atom stereocenters. The number of aryl methyl sites for hydroxylation is 1. The molecule has 3 heterocycles. The van der Waals surface area contributed by atoms with Crippen molar-refractivity contribution in [2.75, 3.05) is 19.9 Å². The number of halogens is 1. The number of hydrogen-bond acceptors (Lipinski definition) is 5. The molecule has 0 saturated carbocycles. The van der Waals surface area contributed by atoms with Crippen LogP contribution in [0, 0.1) is 6.92 Å². The average molecular weight is 362 g/mol. The van der Waals surface area contributed by atoms with E-state index in [-0.39, 0.29) is 18.3 Å². The van der Waals surface area contributed by atoms with Crippen LogP contribution in [-0.2, 0) is 6.54 Å². The van der Waals surface area contributed by atoms with Gasteiger partial charge in [-0.25, -0.2) is 4.98 Å². The summed E-state index contributed by atoms with van der Waals surface area (Å²) in [7, 11) is 0. The number of nitrogens with one attached hydrogen (secondary N) is 1. The monoisotopic (exact) mass is 361 g/mol. The largest absolute Gasteiger partial charge is 0.454 e. The molecule has 0 aliphatic carbocycles. The molecular weight excluding hydrogens is 342 g/mol. The van der Waals surface area contributed by atoms with Gasteiger partial charge in [-0.2, -0.15) is 0 Å². The van der Waals surface area contributed by atoms with Crippen LogP contribution in [-0.4, -0.2) is 34.8 Å². The molecule has 1 fully saturated rings. The van der Waals surface area contributed by atoms with Crippen molar-refractivity contribution in [1.29, 1.82) is 0 Å². The van der Waals surface area contributed by atoms with Crippen LogP contribution in [0.5, 0.6) is 11.5 Å². The van der Waals surface area contributed by atoms with Crippen molar-refractivity contribution in [3.63, 3.8) is 0 Å². The molecule has 7 heteroatoms.